The van der Waals surface area contributed by atoms with E-state index in [1.807, 2.05) is 4.72 Å². The molecule has 0 aliphatic rings. The van der Waals surface area contributed by atoms with E-state index >= 15 is 0 Å². The fourth-order valence-corrected chi connectivity index (χ4v) is 2.86. The smallest absolute Gasteiger partial charge is 0.337 e. The fraction of sp³-hybridized carbons (Fsp3) is 0.333. The van der Waals surface area contributed by atoms with E-state index in [4.69, 9.17) is 10.2 Å². The van der Waals surface area contributed by atoms with E-state index in [1.54, 1.807) is 0 Å². The van der Waals surface area contributed by atoms with Gasteiger partial charge >= 0.3 is 11.9 Å². The summed E-state index contributed by atoms with van der Waals surface area (Å²) in [5.41, 5.74) is 0.467. The monoisotopic (exact) mass is 317 g/mol. The maximum absolute atomic E-state index is 11.8. The molecule has 9 heteroatoms. The minimum absolute atomic E-state index is 0.183. The highest BCUT2D eigenvalue weighted by Gasteiger charge is 2.23. The van der Waals surface area contributed by atoms with Crippen LogP contribution in [-0.4, -0.2) is 50.3 Å². The molecule has 0 spiro atoms. The number of hydrogen-bond acceptors (Lipinski definition) is 6. The van der Waals surface area contributed by atoms with Crippen molar-refractivity contribution in [1.29, 1.82) is 0 Å². The van der Waals surface area contributed by atoms with Gasteiger partial charge in [0.15, 0.2) is 0 Å². The van der Waals surface area contributed by atoms with Crippen molar-refractivity contribution < 1.29 is 33.0 Å². The second kappa shape index (κ2) is 7.16. The van der Waals surface area contributed by atoms with E-state index in [9.17, 15) is 18.0 Å². The van der Waals surface area contributed by atoms with Gasteiger partial charge in [0, 0.05) is 0 Å². The third-order valence-corrected chi connectivity index (χ3v) is 3.86. The van der Waals surface area contributed by atoms with Crippen LogP contribution in [0.1, 0.15) is 15.9 Å². The van der Waals surface area contributed by atoms with Crippen LogP contribution in [-0.2, 0) is 25.3 Å². The first-order chi connectivity index (χ1) is 9.79. The Morgan fingerprint density at radius 3 is 2.57 bits per heavy atom. The van der Waals surface area contributed by atoms with Gasteiger partial charge in [0.05, 0.1) is 25.0 Å². The average molecular weight is 317 g/mol. The number of nitrogens with one attached hydrogen (secondary N) is 1. The summed E-state index contributed by atoms with van der Waals surface area (Å²) < 4.78 is 30.0. The molecule has 0 saturated heterocycles. The molecular formula is C12H15NO7S. The number of carboxylic acids is 1. The minimum Gasteiger partial charge on any atom is -0.480 e. The Hall–Kier alpha value is -1.97. The number of benzene rings is 1. The fourth-order valence-electron chi connectivity index (χ4n) is 1.55. The van der Waals surface area contributed by atoms with E-state index in [1.165, 1.54) is 31.4 Å². The lowest BCUT2D eigenvalue weighted by Crippen LogP contribution is -2.43. The van der Waals surface area contributed by atoms with Crippen LogP contribution in [0.15, 0.2) is 24.3 Å². The van der Waals surface area contributed by atoms with Gasteiger partial charge in [-0.1, -0.05) is 12.1 Å². The number of aliphatic hydroxyl groups is 1. The number of hydrogen-bond donors (Lipinski definition) is 3. The summed E-state index contributed by atoms with van der Waals surface area (Å²) in [4.78, 5) is 22.0. The van der Waals surface area contributed by atoms with Gasteiger partial charge in [-0.3, -0.25) is 4.79 Å². The van der Waals surface area contributed by atoms with Crippen LogP contribution >= 0.6 is 0 Å². The van der Waals surface area contributed by atoms with Gasteiger partial charge in [0.1, 0.15) is 6.04 Å². The van der Waals surface area contributed by atoms with Crippen molar-refractivity contribution in [2.75, 3.05) is 13.7 Å². The Morgan fingerprint density at radius 1 is 1.38 bits per heavy atom. The first-order valence-electron chi connectivity index (χ1n) is 5.80. The average Bonchev–Trinajstić information content (AvgIpc) is 2.43. The van der Waals surface area contributed by atoms with E-state index < -0.39 is 40.4 Å². The quantitative estimate of drug-likeness (QED) is 0.569. The summed E-state index contributed by atoms with van der Waals surface area (Å²) in [5, 5.41) is 17.5. The summed E-state index contributed by atoms with van der Waals surface area (Å²) >= 11 is 0. The number of methoxy groups -OCH3 is 1. The molecule has 0 radical (unpaired) electrons. The number of aliphatic carboxylic acids is 1. The second-order valence-electron chi connectivity index (χ2n) is 4.14. The summed E-state index contributed by atoms with van der Waals surface area (Å²) in [6.07, 6.45) is 0. The first kappa shape index (κ1) is 17.1. The van der Waals surface area contributed by atoms with Crippen LogP contribution in [0.4, 0.5) is 0 Å². The number of rotatable bonds is 7. The summed E-state index contributed by atoms with van der Waals surface area (Å²) in [7, 11) is -2.78. The van der Waals surface area contributed by atoms with Gasteiger partial charge in [0.25, 0.3) is 0 Å². The lowest BCUT2D eigenvalue weighted by molar-refractivity contribution is -0.139. The number of ether oxygens (including phenoxy) is 1. The third-order valence-electron chi connectivity index (χ3n) is 2.51. The van der Waals surface area contributed by atoms with E-state index in [0.29, 0.717) is 0 Å². The molecule has 0 aromatic heterocycles. The minimum atomic E-state index is -3.98. The molecule has 1 aromatic rings. The number of aliphatic hydroxyl groups excluding tert-OH is 1. The number of carbonyl (C=O) groups excluding carboxylic acids is 1. The van der Waals surface area contributed by atoms with Gasteiger partial charge < -0.3 is 14.9 Å². The highest BCUT2D eigenvalue weighted by Crippen LogP contribution is 2.10. The van der Waals surface area contributed by atoms with Crippen molar-refractivity contribution in [3.63, 3.8) is 0 Å². The van der Waals surface area contributed by atoms with Gasteiger partial charge in [-0.15, -0.1) is 0 Å². The SMILES string of the molecule is COC(=O)c1cccc(CS(=O)(=O)N[C@@H](CO)C(=O)O)c1. The Balaban J connectivity index is 2.89. The molecule has 21 heavy (non-hydrogen) atoms. The summed E-state index contributed by atoms with van der Waals surface area (Å²) in [5.74, 6) is -2.62. The summed E-state index contributed by atoms with van der Waals surface area (Å²) in [6, 6.07) is 4.14. The number of esters is 1. The van der Waals surface area contributed by atoms with Gasteiger partial charge in [-0.25, -0.2) is 13.2 Å². The van der Waals surface area contributed by atoms with Crippen LogP contribution in [0.2, 0.25) is 0 Å². The predicted octanol–water partition coefficient (Wildman–Crippen LogP) is -0.662. The summed E-state index contributed by atoms with van der Waals surface area (Å²) in [6.45, 7) is -0.864. The maximum Gasteiger partial charge on any atom is 0.337 e. The van der Waals surface area contributed by atoms with Crippen molar-refractivity contribution >= 4 is 22.0 Å². The van der Waals surface area contributed by atoms with Crippen molar-refractivity contribution in [1.82, 2.24) is 4.72 Å². The number of carbonyl (C=O) groups is 2. The van der Waals surface area contributed by atoms with Crippen molar-refractivity contribution in [3.8, 4) is 0 Å². The Bertz CT molecular complexity index is 626. The van der Waals surface area contributed by atoms with E-state index in [-0.39, 0.29) is 11.1 Å². The number of sulfonamides is 1. The topological polar surface area (TPSA) is 130 Å². The Labute approximate surface area is 121 Å². The lowest BCUT2D eigenvalue weighted by Gasteiger charge is -2.12. The van der Waals surface area contributed by atoms with Gasteiger partial charge in [-0.2, -0.15) is 4.72 Å². The zero-order valence-corrected chi connectivity index (χ0v) is 12.0. The zero-order valence-electron chi connectivity index (χ0n) is 11.1. The Morgan fingerprint density at radius 2 is 2.05 bits per heavy atom. The molecule has 3 N–H and O–H groups in total. The lowest BCUT2D eigenvalue weighted by atomic mass is 10.1. The molecule has 8 nitrogen and oxygen atoms in total. The normalized spacial score (nSPS) is 12.7. The van der Waals surface area contributed by atoms with Crippen LogP contribution < -0.4 is 4.72 Å². The first-order valence-corrected chi connectivity index (χ1v) is 7.45. The molecule has 1 atom stereocenters. The molecule has 0 heterocycles. The third kappa shape index (κ3) is 5.14. The van der Waals surface area contributed by atoms with Crippen LogP contribution in [0.3, 0.4) is 0 Å². The molecule has 0 aliphatic carbocycles. The van der Waals surface area contributed by atoms with Crippen molar-refractivity contribution in [2.24, 2.45) is 0 Å². The highest BCUT2D eigenvalue weighted by molar-refractivity contribution is 7.88. The molecule has 0 unspecified atom stereocenters. The van der Waals surface area contributed by atoms with Crippen LogP contribution in [0.5, 0.6) is 0 Å². The molecule has 0 amide bonds. The molecule has 0 saturated carbocycles. The molecule has 0 bridgehead atoms. The molecule has 1 aromatic carbocycles. The predicted molar refractivity (Wildman–Crippen MR) is 72.1 cm³/mol. The second-order valence-corrected chi connectivity index (χ2v) is 5.90. The highest BCUT2D eigenvalue weighted by atomic mass is 32.2. The standard InChI is InChI=1S/C12H15NO7S/c1-20-12(17)9-4-2-3-8(5-9)7-21(18,19)13-10(6-14)11(15)16/h2-5,10,13-14H,6-7H2,1H3,(H,15,16)/t10-/m0/s1. The van der Waals surface area contributed by atoms with Gasteiger partial charge in [0.2, 0.25) is 10.0 Å². The Kier molecular flexibility index (Phi) is 5.82. The van der Waals surface area contributed by atoms with E-state index in [0.717, 1.165) is 0 Å². The van der Waals surface area contributed by atoms with Crippen LogP contribution in [0.25, 0.3) is 0 Å². The molecule has 116 valence electrons. The van der Waals surface area contributed by atoms with Gasteiger partial charge in [-0.05, 0) is 17.7 Å². The molecule has 0 aliphatic heterocycles. The molecule has 0 fully saturated rings. The van der Waals surface area contributed by atoms with Crippen molar-refractivity contribution in [2.45, 2.75) is 11.8 Å². The van der Waals surface area contributed by atoms with Crippen molar-refractivity contribution in [3.05, 3.63) is 35.4 Å². The molecule has 1 rings (SSSR count). The zero-order chi connectivity index (χ0) is 16.0. The van der Waals surface area contributed by atoms with Crippen LogP contribution in [0, 0.1) is 0 Å². The number of carboxylic acid groups (broad SMARTS) is 1. The largest absolute Gasteiger partial charge is 0.480 e. The van der Waals surface area contributed by atoms with E-state index in [2.05, 4.69) is 4.74 Å². The maximum atomic E-state index is 11.8. The molecular weight excluding hydrogens is 302 g/mol.